The minimum Gasteiger partial charge on any atom is -0.367 e. The molecule has 0 saturated carbocycles. The van der Waals surface area contributed by atoms with Gasteiger partial charge < -0.3 is 25.8 Å². The van der Waals surface area contributed by atoms with Gasteiger partial charge in [0.2, 0.25) is 18.3 Å². The van der Waals surface area contributed by atoms with Crippen LogP contribution >= 0.6 is 0 Å². The summed E-state index contributed by atoms with van der Waals surface area (Å²) in [6, 6.07) is 13.6. The fourth-order valence-corrected chi connectivity index (χ4v) is 5.82. The number of nitrogens with zero attached hydrogens (tertiary/aromatic N) is 5. The largest absolute Gasteiger partial charge is 0.367 e. The highest BCUT2D eigenvalue weighted by molar-refractivity contribution is 5.96. The second kappa shape index (κ2) is 15.1. The second-order valence-electron chi connectivity index (χ2n) is 12.4. The predicted molar refractivity (Wildman–Crippen MR) is 175 cm³/mol. The van der Waals surface area contributed by atoms with Gasteiger partial charge in [-0.05, 0) is 62.3 Å². The van der Waals surface area contributed by atoms with Crippen molar-refractivity contribution in [1.82, 2.24) is 25.1 Å². The number of hydrogen-bond acceptors (Lipinski definition) is 8. The van der Waals surface area contributed by atoms with Gasteiger partial charge in [-0.3, -0.25) is 14.5 Å². The molecule has 1 aromatic heterocycles. The lowest BCUT2D eigenvalue weighted by molar-refractivity contribution is -0.121. The number of carbonyl (C=O) groups is 2. The fraction of sp³-hybridized carbons (Fsp3) is 0.455. The Bertz CT molecular complexity index is 1390. The van der Waals surface area contributed by atoms with Crippen molar-refractivity contribution in [3.8, 4) is 11.3 Å². The van der Waals surface area contributed by atoms with E-state index in [0.717, 1.165) is 51.3 Å². The molecule has 3 aromatic rings. The molecule has 0 bridgehead atoms. The number of rotatable bonds is 14. The molecule has 236 valence electrons. The fourth-order valence-electron chi connectivity index (χ4n) is 5.82. The molecule has 1 aliphatic heterocycles. The maximum atomic E-state index is 15.3. The van der Waals surface area contributed by atoms with Crippen molar-refractivity contribution >= 4 is 35.3 Å². The number of benzene rings is 2. The highest BCUT2D eigenvalue weighted by atomic mass is 19.1. The Morgan fingerprint density at radius 1 is 1.07 bits per heavy atom. The van der Waals surface area contributed by atoms with Crippen LogP contribution in [0.5, 0.6) is 0 Å². The zero-order chi connectivity index (χ0) is 31.7. The molecular weight excluding hydrogens is 559 g/mol. The number of amides is 2. The van der Waals surface area contributed by atoms with Gasteiger partial charge in [0.15, 0.2) is 0 Å². The van der Waals surface area contributed by atoms with Crippen molar-refractivity contribution in [2.24, 2.45) is 5.41 Å². The van der Waals surface area contributed by atoms with Gasteiger partial charge in [0.1, 0.15) is 11.9 Å². The Morgan fingerprint density at radius 3 is 2.41 bits per heavy atom. The van der Waals surface area contributed by atoms with E-state index in [9.17, 15) is 9.59 Å². The van der Waals surface area contributed by atoms with Crippen LogP contribution in [0.4, 0.5) is 27.4 Å². The van der Waals surface area contributed by atoms with Crippen LogP contribution in [0.3, 0.4) is 0 Å². The predicted octanol–water partition coefficient (Wildman–Crippen LogP) is 4.59. The van der Waals surface area contributed by atoms with Crippen molar-refractivity contribution in [3.05, 3.63) is 60.5 Å². The Kier molecular flexibility index (Phi) is 11.2. The highest BCUT2D eigenvalue weighted by Gasteiger charge is 2.26. The van der Waals surface area contributed by atoms with Crippen LogP contribution in [0.1, 0.15) is 33.6 Å². The van der Waals surface area contributed by atoms with Gasteiger partial charge >= 0.3 is 0 Å². The van der Waals surface area contributed by atoms with Crippen LogP contribution < -0.4 is 20.9 Å². The number of piperazine rings is 1. The molecule has 1 atom stereocenters. The summed E-state index contributed by atoms with van der Waals surface area (Å²) < 4.78 is 15.3. The molecule has 1 aliphatic rings. The third kappa shape index (κ3) is 9.20. The smallest absolute Gasteiger partial charge is 0.246 e. The first-order valence-electron chi connectivity index (χ1n) is 15.2. The van der Waals surface area contributed by atoms with Crippen LogP contribution in [-0.4, -0.2) is 91.5 Å². The lowest BCUT2D eigenvalue weighted by atomic mass is 9.92. The van der Waals surface area contributed by atoms with Gasteiger partial charge in [0.05, 0.1) is 11.4 Å². The van der Waals surface area contributed by atoms with E-state index in [2.05, 4.69) is 68.6 Å². The first kappa shape index (κ1) is 32.8. The molecule has 2 amide bonds. The van der Waals surface area contributed by atoms with Crippen LogP contribution in [0, 0.1) is 11.2 Å². The monoisotopic (exact) mass is 604 g/mol. The molecule has 1 saturated heterocycles. The molecule has 3 N–H and O–H groups in total. The zero-order valence-corrected chi connectivity index (χ0v) is 26.4. The molecule has 2 aromatic carbocycles. The molecular formula is C33H45FN8O2. The third-order valence-electron chi connectivity index (χ3n) is 7.58. The van der Waals surface area contributed by atoms with E-state index in [1.807, 2.05) is 31.2 Å². The first-order chi connectivity index (χ1) is 21.1. The molecule has 0 spiro atoms. The molecule has 11 heteroatoms. The summed E-state index contributed by atoms with van der Waals surface area (Å²) >= 11 is 0. The summed E-state index contributed by atoms with van der Waals surface area (Å²) in [6.45, 7) is 12.0. The van der Waals surface area contributed by atoms with Gasteiger partial charge in [0.25, 0.3) is 0 Å². The molecule has 0 radical (unpaired) electrons. The standard InChI is InChI=1S/C33H45FN8O2/c1-6-7-29(36-23-43)31(44)37-25-10-8-24(9-11-25)28-14-15-35-32(39-28)38-26-12-13-30(27(34)20-26)42-18-16-41(17-19-42)22-33(2,3)21-40(4)5/h8-15,20,23,29H,6-7,16-19,21-22H2,1-5H3,(H,36,43)(H,37,44)(H,35,38,39)/t29-/m0/s1. The van der Waals surface area contributed by atoms with Crippen LogP contribution in [0.2, 0.25) is 0 Å². The van der Waals surface area contributed by atoms with Crippen LogP contribution in [0.15, 0.2) is 54.7 Å². The lowest BCUT2D eigenvalue weighted by Crippen LogP contribution is -2.50. The molecule has 1 fully saturated rings. The van der Waals surface area contributed by atoms with Crippen molar-refractivity contribution < 1.29 is 14.0 Å². The van der Waals surface area contributed by atoms with Gasteiger partial charge in [-0.15, -0.1) is 0 Å². The van der Waals surface area contributed by atoms with Crippen molar-refractivity contribution in [2.45, 2.75) is 39.7 Å². The number of carbonyl (C=O) groups excluding carboxylic acids is 2. The Labute approximate surface area is 260 Å². The third-order valence-corrected chi connectivity index (χ3v) is 7.58. The summed E-state index contributed by atoms with van der Waals surface area (Å²) in [5.41, 5.74) is 3.48. The quantitative estimate of drug-likeness (QED) is 0.230. The number of aromatic nitrogens is 2. The molecule has 2 heterocycles. The molecule has 0 aliphatic carbocycles. The van der Waals surface area contributed by atoms with Crippen molar-refractivity contribution in [3.63, 3.8) is 0 Å². The lowest BCUT2D eigenvalue weighted by Gasteiger charge is -2.40. The molecule has 44 heavy (non-hydrogen) atoms. The SMILES string of the molecule is CCC[C@H](NC=O)C(=O)Nc1ccc(-c2ccnc(Nc3ccc(N4CCN(CC(C)(C)CN(C)C)CC4)c(F)c3)n2)cc1. The minimum absolute atomic E-state index is 0.193. The van der Waals surface area contributed by atoms with Gasteiger partial charge in [-0.1, -0.05) is 39.3 Å². The summed E-state index contributed by atoms with van der Waals surface area (Å²) in [4.78, 5) is 39.0. The first-order valence-corrected chi connectivity index (χ1v) is 15.2. The second-order valence-corrected chi connectivity index (χ2v) is 12.4. The van der Waals surface area contributed by atoms with Gasteiger partial charge in [-0.2, -0.15) is 0 Å². The van der Waals surface area contributed by atoms with Gasteiger partial charge in [0, 0.05) is 62.4 Å². The van der Waals surface area contributed by atoms with E-state index in [4.69, 9.17) is 0 Å². The van der Waals surface area contributed by atoms with E-state index in [0.29, 0.717) is 41.5 Å². The number of anilines is 4. The Hall–Kier alpha value is -4.09. The number of halogens is 1. The van der Waals surface area contributed by atoms with Crippen molar-refractivity contribution in [2.75, 3.05) is 68.9 Å². The topological polar surface area (TPSA) is 106 Å². The maximum absolute atomic E-state index is 15.3. The van der Waals surface area contributed by atoms with Crippen LogP contribution in [0.25, 0.3) is 11.3 Å². The van der Waals surface area contributed by atoms with E-state index < -0.39 is 6.04 Å². The Balaban J connectivity index is 1.35. The normalized spacial score (nSPS) is 14.8. The van der Waals surface area contributed by atoms with Gasteiger partial charge in [-0.25, -0.2) is 14.4 Å². The molecule has 4 rings (SSSR count). The van der Waals surface area contributed by atoms with Crippen LogP contribution in [-0.2, 0) is 9.59 Å². The van der Waals surface area contributed by atoms with E-state index in [1.54, 1.807) is 24.4 Å². The van der Waals surface area contributed by atoms with E-state index in [1.165, 1.54) is 6.07 Å². The zero-order valence-electron chi connectivity index (χ0n) is 26.4. The molecule has 0 unspecified atom stereocenters. The average Bonchev–Trinajstić information content (AvgIpc) is 2.97. The average molecular weight is 605 g/mol. The maximum Gasteiger partial charge on any atom is 0.246 e. The Morgan fingerprint density at radius 2 is 1.77 bits per heavy atom. The highest BCUT2D eigenvalue weighted by Crippen LogP contribution is 2.27. The number of nitrogens with one attached hydrogen (secondary N) is 3. The minimum atomic E-state index is -0.576. The molecule has 10 nitrogen and oxygen atoms in total. The summed E-state index contributed by atoms with van der Waals surface area (Å²) in [5.74, 6) is -0.196. The summed E-state index contributed by atoms with van der Waals surface area (Å²) in [6.07, 6.45) is 3.51. The summed E-state index contributed by atoms with van der Waals surface area (Å²) in [7, 11) is 4.21. The van der Waals surface area contributed by atoms with Crippen molar-refractivity contribution in [1.29, 1.82) is 0 Å². The summed E-state index contributed by atoms with van der Waals surface area (Å²) in [5, 5.41) is 8.52. The number of hydrogen-bond donors (Lipinski definition) is 3. The van der Waals surface area contributed by atoms with E-state index in [-0.39, 0.29) is 17.1 Å². The van der Waals surface area contributed by atoms with E-state index >= 15 is 4.39 Å².